The number of aromatic nitrogens is 1. The van der Waals surface area contributed by atoms with E-state index in [4.69, 9.17) is 10.4 Å². The fraction of sp³-hybridized carbons (Fsp3) is 0.538. The number of aliphatic hydroxyl groups is 1. The minimum atomic E-state index is -0.163. The maximum Gasteiger partial charge on any atom is 0.267 e. The fourth-order valence-electron chi connectivity index (χ4n) is 2.34. The maximum atomic E-state index is 11.9. The Morgan fingerprint density at radius 3 is 2.78 bits per heavy atom. The van der Waals surface area contributed by atoms with Gasteiger partial charge in [-0.25, -0.2) is 0 Å². The molecule has 0 spiro atoms. The van der Waals surface area contributed by atoms with Crippen LogP contribution in [-0.4, -0.2) is 28.6 Å². The van der Waals surface area contributed by atoms with E-state index in [2.05, 4.69) is 10.3 Å². The summed E-state index contributed by atoms with van der Waals surface area (Å²) in [6.07, 6.45) is 5.24. The molecule has 0 bridgehead atoms. The highest BCUT2D eigenvalue weighted by Gasteiger charge is 2.22. The first-order valence-electron chi connectivity index (χ1n) is 6.23. The van der Waals surface area contributed by atoms with Crippen molar-refractivity contribution in [3.05, 3.63) is 23.5 Å². The summed E-state index contributed by atoms with van der Waals surface area (Å²) >= 11 is 0. The van der Waals surface area contributed by atoms with Gasteiger partial charge in [-0.15, -0.1) is 0 Å². The molecule has 1 saturated carbocycles. The highest BCUT2D eigenvalue weighted by molar-refractivity contribution is 5.93. The van der Waals surface area contributed by atoms with Crippen molar-refractivity contribution < 1.29 is 9.90 Å². The van der Waals surface area contributed by atoms with Gasteiger partial charge >= 0.3 is 0 Å². The van der Waals surface area contributed by atoms with Gasteiger partial charge in [0.25, 0.3) is 5.91 Å². The second-order valence-electron chi connectivity index (χ2n) is 4.79. The lowest BCUT2D eigenvalue weighted by atomic mass is 9.86. The Balaban J connectivity index is 1.87. The molecule has 1 fully saturated rings. The van der Waals surface area contributed by atoms with E-state index in [1.54, 1.807) is 6.07 Å². The third-order valence-electron chi connectivity index (χ3n) is 3.50. The first kappa shape index (κ1) is 12.7. The number of carbonyl (C=O) groups excluding carboxylic acids is 1. The number of H-pyrrole nitrogens is 1. The maximum absolute atomic E-state index is 11.9. The number of nitriles is 1. The average molecular weight is 247 g/mol. The Kier molecular flexibility index (Phi) is 4.00. The van der Waals surface area contributed by atoms with Crippen molar-refractivity contribution in [1.82, 2.24) is 10.3 Å². The number of aliphatic hydroxyl groups excluding tert-OH is 1. The van der Waals surface area contributed by atoms with Crippen LogP contribution in [0.2, 0.25) is 0 Å². The van der Waals surface area contributed by atoms with E-state index < -0.39 is 0 Å². The molecule has 0 unspecified atom stereocenters. The normalized spacial score (nSPS) is 23.3. The number of amides is 1. The molecule has 0 atom stereocenters. The minimum Gasteiger partial charge on any atom is -0.396 e. The Labute approximate surface area is 106 Å². The lowest BCUT2D eigenvalue weighted by Crippen LogP contribution is -2.38. The molecule has 0 aromatic carbocycles. The predicted molar refractivity (Wildman–Crippen MR) is 65.8 cm³/mol. The zero-order valence-corrected chi connectivity index (χ0v) is 10.1. The second kappa shape index (κ2) is 5.69. The van der Waals surface area contributed by atoms with E-state index in [1.165, 1.54) is 6.20 Å². The van der Waals surface area contributed by atoms with Crippen LogP contribution in [0.4, 0.5) is 0 Å². The molecule has 96 valence electrons. The average Bonchev–Trinajstić information content (AvgIpc) is 2.88. The lowest BCUT2D eigenvalue weighted by molar-refractivity contribution is 0.0909. The van der Waals surface area contributed by atoms with Crippen LogP contribution in [0.25, 0.3) is 0 Å². The van der Waals surface area contributed by atoms with Crippen LogP contribution in [0.3, 0.4) is 0 Å². The summed E-state index contributed by atoms with van der Waals surface area (Å²) < 4.78 is 0. The van der Waals surface area contributed by atoms with Crippen LogP contribution in [0.1, 0.15) is 41.7 Å². The zero-order chi connectivity index (χ0) is 13.0. The van der Waals surface area contributed by atoms with Crippen molar-refractivity contribution in [3.8, 4) is 6.07 Å². The van der Waals surface area contributed by atoms with Crippen LogP contribution in [-0.2, 0) is 0 Å². The van der Waals surface area contributed by atoms with E-state index in [9.17, 15) is 4.79 Å². The van der Waals surface area contributed by atoms with Crippen LogP contribution in [0.15, 0.2) is 12.3 Å². The number of hydrogen-bond acceptors (Lipinski definition) is 3. The third-order valence-corrected chi connectivity index (χ3v) is 3.50. The minimum absolute atomic E-state index is 0.163. The molecule has 1 aliphatic rings. The second-order valence-corrected chi connectivity index (χ2v) is 4.79. The van der Waals surface area contributed by atoms with Gasteiger partial charge in [0.05, 0.1) is 5.56 Å². The third kappa shape index (κ3) is 2.90. The van der Waals surface area contributed by atoms with Crippen molar-refractivity contribution in [2.45, 2.75) is 31.7 Å². The summed E-state index contributed by atoms with van der Waals surface area (Å²) in [5.74, 6) is 0.220. The first-order chi connectivity index (χ1) is 8.72. The smallest absolute Gasteiger partial charge is 0.267 e. The highest BCUT2D eigenvalue weighted by atomic mass is 16.3. The molecule has 1 aromatic rings. The number of nitrogens with one attached hydrogen (secondary N) is 2. The molecule has 1 aromatic heterocycles. The van der Waals surface area contributed by atoms with Crippen LogP contribution in [0.5, 0.6) is 0 Å². The molecular weight excluding hydrogens is 230 g/mol. The number of rotatable bonds is 3. The van der Waals surface area contributed by atoms with Crippen molar-refractivity contribution in [2.75, 3.05) is 6.61 Å². The summed E-state index contributed by atoms with van der Waals surface area (Å²) in [5.41, 5.74) is 0.889. The van der Waals surface area contributed by atoms with E-state index in [0.717, 1.165) is 25.7 Å². The van der Waals surface area contributed by atoms with E-state index in [1.807, 2.05) is 6.07 Å². The standard InChI is InChI=1S/C13H17N3O2/c14-6-10-5-12(15-7-10)13(18)16-11-3-1-9(8-17)2-4-11/h5,7,9,11,15,17H,1-4,8H2,(H,16,18). The predicted octanol–water partition coefficient (Wildman–Crippen LogP) is 1.17. The molecule has 18 heavy (non-hydrogen) atoms. The Morgan fingerprint density at radius 2 is 2.22 bits per heavy atom. The van der Waals surface area contributed by atoms with Gasteiger partial charge in [-0.2, -0.15) is 5.26 Å². The molecule has 3 N–H and O–H groups in total. The van der Waals surface area contributed by atoms with Crippen molar-refractivity contribution >= 4 is 5.91 Å². The van der Waals surface area contributed by atoms with Crippen molar-refractivity contribution in [1.29, 1.82) is 5.26 Å². The molecule has 2 rings (SSSR count). The molecular formula is C13H17N3O2. The van der Waals surface area contributed by atoms with Gasteiger partial charge in [-0.3, -0.25) is 4.79 Å². The summed E-state index contributed by atoms with van der Waals surface area (Å²) in [4.78, 5) is 14.7. The van der Waals surface area contributed by atoms with Crippen molar-refractivity contribution in [2.24, 2.45) is 5.92 Å². The summed E-state index contributed by atoms with van der Waals surface area (Å²) in [7, 11) is 0. The molecule has 5 heteroatoms. The fourth-order valence-corrected chi connectivity index (χ4v) is 2.34. The van der Waals surface area contributed by atoms with Gasteiger partial charge < -0.3 is 15.4 Å². The molecule has 0 saturated heterocycles. The molecule has 0 aliphatic heterocycles. The Hall–Kier alpha value is -1.80. The van der Waals surface area contributed by atoms with E-state index in [0.29, 0.717) is 17.2 Å². The summed E-state index contributed by atoms with van der Waals surface area (Å²) in [5, 5.41) is 20.7. The quantitative estimate of drug-likeness (QED) is 0.749. The Bertz CT molecular complexity index is 453. The van der Waals surface area contributed by atoms with E-state index in [-0.39, 0.29) is 18.6 Å². The molecule has 0 radical (unpaired) electrons. The van der Waals surface area contributed by atoms with Crippen molar-refractivity contribution in [3.63, 3.8) is 0 Å². The largest absolute Gasteiger partial charge is 0.396 e. The highest BCUT2D eigenvalue weighted by Crippen LogP contribution is 2.23. The topological polar surface area (TPSA) is 88.9 Å². The number of aromatic amines is 1. The van der Waals surface area contributed by atoms with Gasteiger partial charge in [-0.1, -0.05) is 0 Å². The van der Waals surface area contributed by atoms with Gasteiger partial charge in [0, 0.05) is 18.8 Å². The molecule has 1 aliphatic carbocycles. The number of carbonyl (C=O) groups is 1. The zero-order valence-electron chi connectivity index (χ0n) is 10.1. The molecule has 5 nitrogen and oxygen atoms in total. The van der Waals surface area contributed by atoms with Gasteiger partial charge in [-0.05, 0) is 37.7 Å². The van der Waals surface area contributed by atoms with Crippen LogP contribution in [0, 0.1) is 17.2 Å². The van der Waals surface area contributed by atoms with Gasteiger partial charge in [0.15, 0.2) is 0 Å². The number of hydrogen-bond donors (Lipinski definition) is 3. The molecule has 1 heterocycles. The summed E-state index contributed by atoms with van der Waals surface area (Å²) in [6.45, 7) is 0.239. The van der Waals surface area contributed by atoms with Crippen LogP contribution >= 0.6 is 0 Å². The number of nitrogens with zero attached hydrogens (tertiary/aromatic N) is 1. The monoisotopic (exact) mass is 247 g/mol. The van der Waals surface area contributed by atoms with Gasteiger partial charge in [0.2, 0.25) is 0 Å². The van der Waals surface area contributed by atoms with Gasteiger partial charge in [0.1, 0.15) is 11.8 Å². The lowest BCUT2D eigenvalue weighted by Gasteiger charge is -2.27. The summed E-state index contributed by atoms with van der Waals surface area (Å²) in [6, 6.07) is 3.71. The molecule has 1 amide bonds. The Morgan fingerprint density at radius 1 is 1.50 bits per heavy atom. The SMILES string of the molecule is N#Cc1c[nH]c(C(=O)NC2CCC(CO)CC2)c1. The van der Waals surface area contributed by atoms with Crippen LogP contribution < -0.4 is 5.32 Å². The van der Waals surface area contributed by atoms with E-state index >= 15 is 0 Å². The first-order valence-corrected chi connectivity index (χ1v) is 6.23.